The highest BCUT2D eigenvalue weighted by Crippen LogP contribution is 2.12. The molecule has 98 valence electrons. The Bertz CT molecular complexity index is 672. The van der Waals surface area contributed by atoms with Crippen LogP contribution < -0.4 is 5.32 Å². The lowest BCUT2D eigenvalue weighted by Gasteiger charge is -2.10. The van der Waals surface area contributed by atoms with E-state index >= 15 is 0 Å². The van der Waals surface area contributed by atoms with Gasteiger partial charge >= 0.3 is 0 Å². The summed E-state index contributed by atoms with van der Waals surface area (Å²) in [5.74, 6) is 0.688. The minimum absolute atomic E-state index is 0.313. The van der Waals surface area contributed by atoms with Crippen molar-refractivity contribution in [1.82, 2.24) is 14.6 Å². The van der Waals surface area contributed by atoms with Gasteiger partial charge in [0, 0.05) is 12.2 Å². The number of hydrogen-bond donors (Lipinski definition) is 1. The maximum absolute atomic E-state index is 4.49. The standard InChI is InChI=1S/C14H16N4S/c1-10-3-5-18-13(7-10)16-14(17-18)15-11(2)8-12-4-6-19-9-12/h3-7,9,11H,8H2,1-2H3,(H,15,17). The maximum atomic E-state index is 4.49. The van der Waals surface area contributed by atoms with Gasteiger partial charge in [0.25, 0.3) is 0 Å². The molecule has 0 bridgehead atoms. The predicted molar refractivity (Wildman–Crippen MR) is 78.8 cm³/mol. The van der Waals surface area contributed by atoms with Crippen molar-refractivity contribution < 1.29 is 0 Å². The number of aryl methyl sites for hydroxylation is 1. The van der Waals surface area contributed by atoms with Crippen molar-refractivity contribution in [3.63, 3.8) is 0 Å². The number of hydrogen-bond acceptors (Lipinski definition) is 4. The first-order chi connectivity index (χ1) is 9.20. The molecule has 0 fully saturated rings. The van der Waals surface area contributed by atoms with Crippen LogP contribution in [0.4, 0.5) is 5.95 Å². The largest absolute Gasteiger partial charge is 0.350 e. The summed E-state index contributed by atoms with van der Waals surface area (Å²) < 4.78 is 1.80. The molecule has 3 aromatic heterocycles. The molecule has 0 spiro atoms. The molecule has 4 nitrogen and oxygen atoms in total. The van der Waals surface area contributed by atoms with E-state index in [1.54, 1.807) is 15.9 Å². The molecular formula is C14H16N4S. The Labute approximate surface area is 116 Å². The highest BCUT2D eigenvalue weighted by molar-refractivity contribution is 7.07. The van der Waals surface area contributed by atoms with Crippen molar-refractivity contribution in [2.75, 3.05) is 5.32 Å². The number of thiophene rings is 1. The number of pyridine rings is 1. The number of nitrogens with one attached hydrogen (secondary N) is 1. The van der Waals surface area contributed by atoms with Gasteiger partial charge in [-0.2, -0.15) is 16.3 Å². The molecule has 0 aliphatic carbocycles. The van der Waals surface area contributed by atoms with Gasteiger partial charge in [0.1, 0.15) is 0 Å². The molecule has 0 amide bonds. The van der Waals surface area contributed by atoms with E-state index in [1.807, 2.05) is 18.3 Å². The molecule has 3 rings (SSSR count). The molecule has 0 radical (unpaired) electrons. The van der Waals surface area contributed by atoms with E-state index in [-0.39, 0.29) is 0 Å². The Hall–Kier alpha value is -1.88. The van der Waals surface area contributed by atoms with Crippen LogP contribution in [0.25, 0.3) is 5.65 Å². The Morgan fingerprint density at radius 2 is 2.32 bits per heavy atom. The molecule has 1 atom stereocenters. The zero-order valence-corrected chi connectivity index (χ0v) is 11.8. The Morgan fingerprint density at radius 1 is 1.42 bits per heavy atom. The van der Waals surface area contributed by atoms with Gasteiger partial charge < -0.3 is 5.32 Å². The van der Waals surface area contributed by atoms with Gasteiger partial charge in [-0.25, -0.2) is 4.52 Å². The van der Waals surface area contributed by atoms with Gasteiger partial charge in [-0.1, -0.05) is 0 Å². The van der Waals surface area contributed by atoms with Crippen molar-refractivity contribution in [2.24, 2.45) is 0 Å². The van der Waals surface area contributed by atoms with Crippen LogP contribution in [0.2, 0.25) is 0 Å². The fraction of sp³-hybridized carbons (Fsp3) is 0.286. The molecule has 3 heterocycles. The SMILES string of the molecule is Cc1ccn2nc(NC(C)Cc3ccsc3)nc2c1. The lowest BCUT2D eigenvalue weighted by molar-refractivity contribution is 0.777. The molecule has 1 unspecified atom stereocenters. The second-order valence-corrected chi connectivity index (χ2v) is 5.60. The van der Waals surface area contributed by atoms with Crippen LogP contribution in [0.1, 0.15) is 18.1 Å². The van der Waals surface area contributed by atoms with Crippen LogP contribution in [0.15, 0.2) is 35.2 Å². The minimum Gasteiger partial charge on any atom is -0.350 e. The molecule has 3 aromatic rings. The lowest BCUT2D eigenvalue weighted by atomic mass is 10.1. The second-order valence-electron chi connectivity index (χ2n) is 4.82. The van der Waals surface area contributed by atoms with Crippen molar-refractivity contribution in [1.29, 1.82) is 0 Å². The van der Waals surface area contributed by atoms with Crippen LogP contribution in [0, 0.1) is 6.92 Å². The normalized spacial score (nSPS) is 12.7. The molecule has 0 aromatic carbocycles. The minimum atomic E-state index is 0.313. The van der Waals surface area contributed by atoms with Gasteiger partial charge in [-0.3, -0.25) is 0 Å². The molecule has 0 aliphatic rings. The maximum Gasteiger partial charge on any atom is 0.243 e. The van der Waals surface area contributed by atoms with E-state index < -0.39 is 0 Å². The summed E-state index contributed by atoms with van der Waals surface area (Å²) in [5, 5.41) is 12.1. The summed E-state index contributed by atoms with van der Waals surface area (Å²) in [4.78, 5) is 4.49. The average Bonchev–Trinajstić information content (AvgIpc) is 2.97. The molecule has 5 heteroatoms. The Balaban J connectivity index is 1.74. The fourth-order valence-electron chi connectivity index (χ4n) is 2.08. The van der Waals surface area contributed by atoms with Crippen LogP contribution in [0.3, 0.4) is 0 Å². The Kier molecular flexibility index (Phi) is 3.21. The molecule has 0 aliphatic heterocycles. The van der Waals surface area contributed by atoms with Crippen molar-refractivity contribution in [3.05, 3.63) is 46.3 Å². The summed E-state index contributed by atoms with van der Waals surface area (Å²) in [6.07, 6.45) is 2.92. The summed E-state index contributed by atoms with van der Waals surface area (Å²) in [7, 11) is 0. The first kappa shape index (κ1) is 12.2. The van der Waals surface area contributed by atoms with Gasteiger partial charge in [0.15, 0.2) is 5.65 Å². The zero-order chi connectivity index (χ0) is 13.2. The number of fused-ring (bicyclic) bond motifs is 1. The van der Waals surface area contributed by atoms with Gasteiger partial charge in [-0.15, -0.1) is 5.10 Å². The fourth-order valence-corrected chi connectivity index (χ4v) is 2.76. The molecular weight excluding hydrogens is 256 g/mol. The monoisotopic (exact) mass is 272 g/mol. The van der Waals surface area contributed by atoms with E-state index in [0.717, 1.165) is 12.1 Å². The van der Waals surface area contributed by atoms with E-state index in [1.165, 1.54) is 11.1 Å². The molecule has 19 heavy (non-hydrogen) atoms. The number of anilines is 1. The summed E-state index contributed by atoms with van der Waals surface area (Å²) >= 11 is 1.73. The van der Waals surface area contributed by atoms with E-state index in [4.69, 9.17) is 0 Å². The smallest absolute Gasteiger partial charge is 0.243 e. The third-order valence-electron chi connectivity index (χ3n) is 2.99. The molecule has 1 N–H and O–H groups in total. The quantitative estimate of drug-likeness (QED) is 0.793. The number of rotatable bonds is 4. The third-order valence-corrected chi connectivity index (χ3v) is 3.72. The first-order valence-electron chi connectivity index (χ1n) is 6.31. The van der Waals surface area contributed by atoms with Gasteiger partial charge in [0.2, 0.25) is 5.95 Å². The Morgan fingerprint density at radius 3 is 3.11 bits per heavy atom. The van der Waals surface area contributed by atoms with Crippen molar-refractivity contribution in [2.45, 2.75) is 26.3 Å². The van der Waals surface area contributed by atoms with Gasteiger partial charge in [-0.05, 0) is 60.4 Å². The van der Waals surface area contributed by atoms with Gasteiger partial charge in [0.05, 0.1) is 0 Å². The average molecular weight is 272 g/mol. The predicted octanol–water partition coefficient (Wildman–Crippen LogP) is 3.14. The highest BCUT2D eigenvalue weighted by atomic mass is 32.1. The molecule has 0 saturated carbocycles. The van der Waals surface area contributed by atoms with E-state index in [2.05, 4.69) is 46.1 Å². The summed E-state index contributed by atoms with van der Waals surface area (Å²) in [6, 6.07) is 6.53. The summed E-state index contributed by atoms with van der Waals surface area (Å²) in [5.41, 5.74) is 3.42. The van der Waals surface area contributed by atoms with Crippen molar-refractivity contribution in [3.8, 4) is 0 Å². The third kappa shape index (κ3) is 2.76. The number of nitrogens with zero attached hydrogens (tertiary/aromatic N) is 3. The van der Waals surface area contributed by atoms with Crippen LogP contribution >= 0.6 is 11.3 Å². The van der Waals surface area contributed by atoms with Crippen molar-refractivity contribution >= 4 is 22.9 Å². The lowest BCUT2D eigenvalue weighted by Crippen LogP contribution is -2.18. The van der Waals surface area contributed by atoms with Crippen LogP contribution in [0.5, 0.6) is 0 Å². The molecule has 0 saturated heterocycles. The summed E-state index contributed by atoms with van der Waals surface area (Å²) in [6.45, 7) is 4.20. The topological polar surface area (TPSA) is 42.2 Å². The van der Waals surface area contributed by atoms with Crippen LogP contribution in [-0.4, -0.2) is 20.6 Å². The van der Waals surface area contributed by atoms with E-state index in [0.29, 0.717) is 12.0 Å². The number of aromatic nitrogens is 3. The highest BCUT2D eigenvalue weighted by Gasteiger charge is 2.08. The first-order valence-corrected chi connectivity index (χ1v) is 7.25. The zero-order valence-electron chi connectivity index (χ0n) is 11.0. The van der Waals surface area contributed by atoms with E-state index in [9.17, 15) is 0 Å². The van der Waals surface area contributed by atoms with Crippen LogP contribution in [-0.2, 0) is 6.42 Å². The second kappa shape index (κ2) is 5.01.